The Hall–Kier alpha value is -1.05. The van der Waals surface area contributed by atoms with Gasteiger partial charge >= 0.3 is 0 Å². The molecule has 1 rings (SSSR count). The fourth-order valence-corrected chi connectivity index (χ4v) is 1.45. The molecule has 0 bridgehead atoms. The third kappa shape index (κ3) is 3.36. The van der Waals surface area contributed by atoms with Crippen molar-refractivity contribution in [2.24, 2.45) is 0 Å². The van der Waals surface area contributed by atoms with Crippen molar-refractivity contribution in [3.8, 4) is 5.40 Å². The Morgan fingerprint density at radius 1 is 1.64 bits per heavy atom. The fraction of sp³-hybridized carbons (Fsp3) is 0.200. The Morgan fingerprint density at radius 2 is 2.43 bits per heavy atom. The van der Waals surface area contributed by atoms with Crippen molar-refractivity contribution in [2.75, 3.05) is 5.94 Å². The summed E-state index contributed by atoms with van der Waals surface area (Å²) >= 11 is 6.08. The predicted octanol–water partition coefficient (Wildman–Crippen LogP) is 2.86. The Bertz CT molecular complexity index is 371. The van der Waals surface area contributed by atoms with Crippen molar-refractivity contribution in [2.45, 2.75) is 6.92 Å². The molecule has 0 aliphatic heterocycles. The fourth-order valence-electron chi connectivity index (χ4n) is 0.965. The lowest BCUT2D eigenvalue weighted by atomic mass is 10.1. The number of hydrogen-bond donors (Lipinski definition) is 0. The van der Waals surface area contributed by atoms with Gasteiger partial charge < -0.3 is 4.74 Å². The standard InChI is InChI=1S/C10H9NOS2/c1-8-3-2-4-9(5-8)10(13)12-7-14-6-11/h2-5H,7H2,1H3. The maximum absolute atomic E-state index is 8.28. The summed E-state index contributed by atoms with van der Waals surface area (Å²) in [5, 5.41) is 10.6. The van der Waals surface area contributed by atoms with Gasteiger partial charge in [0.05, 0.1) is 0 Å². The number of thiocarbonyl (C=S) groups is 1. The number of nitriles is 1. The van der Waals surface area contributed by atoms with Crippen molar-refractivity contribution < 1.29 is 4.74 Å². The zero-order valence-electron chi connectivity index (χ0n) is 7.69. The highest BCUT2D eigenvalue weighted by atomic mass is 32.2. The van der Waals surface area contributed by atoms with Gasteiger partial charge in [-0.15, -0.1) is 0 Å². The molecule has 1 aromatic carbocycles. The molecule has 0 heterocycles. The smallest absolute Gasteiger partial charge is 0.192 e. The molecule has 0 radical (unpaired) electrons. The first kappa shape index (κ1) is 11.0. The molecular weight excluding hydrogens is 214 g/mol. The van der Waals surface area contributed by atoms with Crippen LogP contribution in [0.2, 0.25) is 0 Å². The minimum absolute atomic E-state index is 0.281. The van der Waals surface area contributed by atoms with Crippen LogP contribution in [0.1, 0.15) is 11.1 Å². The Balaban J connectivity index is 2.57. The third-order valence-corrected chi connectivity index (χ3v) is 2.29. The molecule has 0 spiro atoms. The van der Waals surface area contributed by atoms with E-state index in [1.807, 2.05) is 36.6 Å². The highest BCUT2D eigenvalue weighted by Gasteiger charge is 2.01. The van der Waals surface area contributed by atoms with Crippen molar-refractivity contribution in [3.05, 3.63) is 35.4 Å². The van der Waals surface area contributed by atoms with E-state index >= 15 is 0 Å². The van der Waals surface area contributed by atoms with Gasteiger partial charge in [-0.3, -0.25) is 0 Å². The Kier molecular flexibility index (Phi) is 4.44. The number of nitrogens with zero attached hydrogens (tertiary/aromatic N) is 1. The Morgan fingerprint density at radius 3 is 3.07 bits per heavy atom. The molecule has 0 atom stereocenters. The van der Waals surface area contributed by atoms with Crippen LogP contribution in [0.25, 0.3) is 0 Å². The Labute approximate surface area is 92.9 Å². The van der Waals surface area contributed by atoms with Crippen molar-refractivity contribution in [1.29, 1.82) is 5.26 Å². The molecule has 2 nitrogen and oxygen atoms in total. The van der Waals surface area contributed by atoms with Gasteiger partial charge in [-0.05, 0) is 37.0 Å². The normalized spacial score (nSPS) is 9.14. The van der Waals surface area contributed by atoms with Crippen LogP contribution < -0.4 is 0 Å². The summed E-state index contributed by atoms with van der Waals surface area (Å²) < 4.78 is 5.20. The molecule has 0 aliphatic rings. The van der Waals surface area contributed by atoms with Crippen LogP contribution in [0.5, 0.6) is 0 Å². The maximum Gasteiger partial charge on any atom is 0.192 e. The zero-order chi connectivity index (χ0) is 10.4. The second kappa shape index (κ2) is 5.63. The quantitative estimate of drug-likeness (QED) is 0.341. The van der Waals surface area contributed by atoms with E-state index in [-0.39, 0.29) is 5.94 Å². The summed E-state index contributed by atoms with van der Waals surface area (Å²) in [5.74, 6) is 0.281. The SMILES string of the molecule is Cc1cccc(C(=S)OCSC#N)c1. The van der Waals surface area contributed by atoms with E-state index in [0.29, 0.717) is 5.05 Å². The molecule has 0 unspecified atom stereocenters. The maximum atomic E-state index is 8.28. The lowest BCUT2D eigenvalue weighted by molar-refractivity contribution is 0.394. The zero-order valence-corrected chi connectivity index (χ0v) is 9.32. The van der Waals surface area contributed by atoms with Gasteiger partial charge in [-0.1, -0.05) is 23.8 Å². The number of benzene rings is 1. The average molecular weight is 223 g/mol. The molecule has 1 aromatic rings. The van der Waals surface area contributed by atoms with Crippen LogP contribution in [0, 0.1) is 17.6 Å². The average Bonchev–Trinajstić information content (AvgIpc) is 2.18. The minimum Gasteiger partial charge on any atom is -0.471 e. The molecule has 72 valence electrons. The monoisotopic (exact) mass is 223 g/mol. The lowest BCUT2D eigenvalue weighted by Gasteiger charge is -2.05. The van der Waals surface area contributed by atoms with Gasteiger partial charge in [0.15, 0.2) is 5.05 Å². The number of aryl methyl sites for hydroxylation is 1. The number of thiocyanates is 1. The third-order valence-electron chi connectivity index (χ3n) is 1.57. The predicted molar refractivity (Wildman–Crippen MR) is 62.0 cm³/mol. The van der Waals surface area contributed by atoms with E-state index < -0.39 is 0 Å². The summed E-state index contributed by atoms with van der Waals surface area (Å²) in [6.07, 6.45) is 0. The largest absolute Gasteiger partial charge is 0.471 e. The summed E-state index contributed by atoms with van der Waals surface area (Å²) in [6.45, 7) is 2.00. The topological polar surface area (TPSA) is 33.0 Å². The van der Waals surface area contributed by atoms with Gasteiger partial charge in [0, 0.05) is 5.56 Å². The molecule has 0 amide bonds. The highest BCUT2D eigenvalue weighted by molar-refractivity contribution is 8.03. The van der Waals surface area contributed by atoms with Gasteiger partial charge in [-0.2, -0.15) is 5.26 Å². The van der Waals surface area contributed by atoms with E-state index in [1.165, 1.54) is 0 Å². The summed E-state index contributed by atoms with van der Waals surface area (Å²) in [5.41, 5.74) is 2.03. The van der Waals surface area contributed by atoms with Crippen LogP contribution in [0.4, 0.5) is 0 Å². The molecule has 0 saturated heterocycles. The van der Waals surface area contributed by atoms with Crippen LogP contribution in [-0.4, -0.2) is 11.0 Å². The number of rotatable bonds is 3. The second-order valence-corrected chi connectivity index (χ2v) is 3.73. The van der Waals surface area contributed by atoms with Crippen LogP contribution in [-0.2, 0) is 4.74 Å². The van der Waals surface area contributed by atoms with Gasteiger partial charge in [-0.25, -0.2) is 0 Å². The van der Waals surface area contributed by atoms with E-state index in [1.54, 1.807) is 0 Å². The van der Waals surface area contributed by atoms with E-state index in [4.69, 9.17) is 22.2 Å². The van der Waals surface area contributed by atoms with Crippen molar-refractivity contribution in [1.82, 2.24) is 0 Å². The first-order valence-electron chi connectivity index (χ1n) is 3.98. The lowest BCUT2D eigenvalue weighted by Crippen LogP contribution is -2.02. The van der Waals surface area contributed by atoms with Crippen LogP contribution in [0.15, 0.2) is 24.3 Å². The summed E-state index contributed by atoms with van der Waals surface area (Å²) in [7, 11) is 0. The first-order chi connectivity index (χ1) is 6.74. The van der Waals surface area contributed by atoms with Crippen LogP contribution >= 0.6 is 24.0 Å². The molecule has 14 heavy (non-hydrogen) atoms. The van der Waals surface area contributed by atoms with E-state index in [0.717, 1.165) is 22.9 Å². The second-order valence-electron chi connectivity index (χ2n) is 2.65. The summed E-state index contributed by atoms with van der Waals surface area (Å²) in [6, 6.07) is 7.78. The molecule has 0 aromatic heterocycles. The number of thioether (sulfide) groups is 1. The molecular formula is C10H9NOS2. The summed E-state index contributed by atoms with van der Waals surface area (Å²) in [4.78, 5) is 0. The molecule has 4 heteroatoms. The van der Waals surface area contributed by atoms with Crippen molar-refractivity contribution in [3.63, 3.8) is 0 Å². The van der Waals surface area contributed by atoms with E-state index in [2.05, 4.69) is 0 Å². The number of hydrogen-bond acceptors (Lipinski definition) is 4. The number of ether oxygens (including phenoxy) is 1. The minimum atomic E-state index is 0.281. The first-order valence-corrected chi connectivity index (χ1v) is 5.38. The van der Waals surface area contributed by atoms with Gasteiger partial charge in [0.2, 0.25) is 0 Å². The molecule has 0 saturated carbocycles. The van der Waals surface area contributed by atoms with Crippen molar-refractivity contribution >= 4 is 29.0 Å². The van der Waals surface area contributed by atoms with Gasteiger partial charge in [0.1, 0.15) is 11.3 Å². The van der Waals surface area contributed by atoms with E-state index in [9.17, 15) is 0 Å². The molecule has 0 fully saturated rings. The van der Waals surface area contributed by atoms with Gasteiger partial charge in [0.25, 0.3) is 0 Å². The molecule has 0 aliphatic carbocycles. The van der Waals surface area contributed by atoms with Crippen LogP contribution in [0.3, 0.4) is 0 Å². The highest BCUT2D eigenvalue weighted by Crippen LogP contribution is 2.08. The molecule has 0 N–H and O–H groups in total.